The Kier molecular flexibility index (Phi) is 7.15. The van der Waals surface area contributed by atoms with Crippen LogP contribution >= 0.6 is 0 Å². The minimum atomic E-state index is -0.561. The van der Waals surface area contributed by atoms with Gasteiger partial charge in [-0.3, -0.25) is 9.59 Å². The van der Waals surface area contributed by atoms with Gasteiger partial charge in [-0.15, -0.1) is 0 Å². The molecule has 0 aromatic heterocycles. The van der Waals surface area contributed by atoms with Gasteiger partial charge in [0.25, 0.3) is 0 Å². The van der Waals surface area contributed by atoms with Gasteiger partial charge in [-0.1, -0.05) is 46.8 Å². The number of carbonyl (C=O) groups excluding carboxylic acids is 1. The van der Waals surface area contributed by atoms with Gasteiger partial charge in [-0.25, -0.2) is 0 Å². The van der Waals surface area contributed by atoms with Gasteiger partial charge in [0.2, 0.25) is 5.91 Å². The molecule has 0 spiro atoms. The van der Waals surface area contributed by atoms with Crippen LogP contribution in [0.4, 0.5) is 0 Å². The normalized spacial score (nSPS) is 48.2. The summed E-state index contributed by atoms with van der Waals surface area (Å²) < 4.78 is 0. The molecule has 0 aromatic carbocycles. The van der Waals surface area contributed by atoms with Gasteiger partial charge >= 0.3 is 5.97 Å². The molecule has 10 atom stereocenters. The molecule has 0 aliphatic heterocycles. The first-order chi connectivity index (χ1) is 18.2. The summed E-state index contributed by atoms with van der Waals surface area (Å²) in [6.07, 6.45) is 10.5. The topological polar surface area (TPSA) is 87.7 Å². The summed E-state index contributed by atoms with van der Waals surface area (Å²) in [5.41, 5.74) is 3.89. The third-order valence-corrected chi connectivity index (χ3v) is 14.2. The average molecular weight is 543 g/mol. The smallest absolute Gasteiger partial charge is 0.309 e. The molecule has 0 heterocycles. The first-order valence-electron chi connectivity index (χ1n) is 15.6. The maximum atomic E-state index is 12.9. The first kappa shape index (κ1) is 29.1. The molecule has 3 N–H and O–H groups in total. The number of hydrogen-bond acceptors (Lipinski definition) is 4. The highest BCUT2D eigenvalue weighted by atomic mass is 16.6. The number of amides is 1. The number of carboxylic acid groups (broad SMARTS) is 1. The minimum Gasteiger partial charge on any atom is -0.481 e. The summed E-state index contributed by atoms with van der Waals surface area (Å²) in [4.78, 5) is 30.4. The zero-order chi connectivity index (χ0) is 28.6. The van der Waals surface area contributed by atoms with Crippen molar-refractivity contribution in [3.63, 3.8) is 0 Å². The molecule has 6 nitrogen and oxygen atoms in total. The van der Waals surface area contributed by atoms with E-state index in [1.54, 1.807) is 0 Å². The van der Waals surface area contributed by atoms with E-state index < -0.39 is 11.4 Å². The van der Waals surface area contributed by atoms with Gasteiger partial charge in [-0.2, -0.15) is 5.48 Å². The van der Waals surface area contributed by atoms with Crippen molar-refractivity contribution in [3.8, 4) is 0 Å². The molecule has 39 heavy (non-hydrogen) atoms. The summed E-state index contributed by atoms with van der Waals surface area (Å²) in [6, 6.07) is 0.165. The number of hydrogen-bond donors (Lipinski definition) is 3. The fourth-order valence-corrected chi connectivity index (χ4v) is 12.2. The highest BCUT2D eigenvalue weighted by Crippen LogP contribution is 2.77. The highest BCUT2D eigenvalue weighted by Gasteiger charge is 2.72. The molecule has 220 valence electrons. The molecular formula is C33H54N2O4. The summed E-state index contributed by atoms with van der Waals surface area (Å²) in [7, 11) is 1.54. The van der Waals surface area contributed by atoms with E-state index in [1.165, 1.54) is 31.9 Å². The number of rotatable bonds is 6. The lowest BCUT2D eigenvalue weighted by atomic mass is 9.32. The number of nitrogens with one attached hydrogen (secondary N) is 2. The van der Waals surface area contributed by atoms with Gasteiger partial charge in [0, 0.05) is 6.04 Å². The fourth-order valence-electron chi connectivity index (χ4n) is 12.2. The van der Waals surface area contributed by atoms with Gasteiger partial charge in [0.15, 0.2) is 0 Å². The fraction of sp³-hybridized carbons (Fsp3) is 0.879. The lowest BCUT2D eigenvalue weighted by molar-refractivity contribution is -0.240. The van der Waals surface area contributed by atoms with Crippen molar-refractivity contribution in [2.24, 2.45) is 56.7 Å². The van der Waals surface area contributed by atoms with Gasteiger partial charge in [0.05, 0.1) is 19.1 Å². The van der Waals surface area contributed by atoms with E-state index in [0.717, 1.165) is 44.9 Å². The molecular weight excluding hydrogens is 488 g/mol. The van der Waals surface area contributed by atoms with Crippen LogP contribution in [0, 0.1) is 56.7 Å². The Morgan fingerprint density at radius 3 is 2.26 bits per heavy atom. The van der Waals surface area contributed by atoms with Gasteiger partial charge < -0.3 is 15.3 Å². The molecule has 4 unspecified atom stereocenters. The predicted molar refractivity (Wildman–Crippen MR) is 154 cm³/mol. The Labute approximate surface area is 236 Å². The van der Waals surface area contributed by atoms with E-state index in [0.29, 0.717) is 23.7 Å². The van der Waals surface area contributed by atoms with Crippen LogP contribution in [0.15, 0.2) is 12.2 Å². The molecule has 0 bridgehead atoms. The lowest BCUT2D eigenvalue weighted by Crippen LogP contribution is -2.68. The third-order valence-electron chi connectivity index (χ3n) is 14.2. The quantitative estimate of drug-likeness (QED) is 0.268. The van der Waals surface area contributed by atoms with Crippen LogP contribution < -0.4 is 10.8 Å². The number of carbonyl (C=O) groups is 2. The van der Waals surface area contributed by atoms with Crippen LogP contribution in [0.1, 0.15) is 106 Å². The summed E-state index contributed by atoms with van der Waals surface area (Å²) in [5.74, 6) is 1.63. The molecule has 5 fully saturated rings. The van der Waals surface area contributed by atoms with Crippen molar-refractivity contribution in [2.45, 2.75) is 112 Å². The van der Waals surface area contributed by atoms with Crippen molar-refractivity contribution in [2.75, 3.05) is 13.7 Å². The zero-order valence-electron chi connectivity index (χ0n) is 25.6. The number of fused-ring (bicyclic) bond motifs is 7. The van der Waals surface area contributed by atoms with Crippen molar-refractivity contribution in [1.82, 2.24) is 10.8 Å². The Morgan fingerprint density at radius 2 is 1.62 bits per heavy atom. The van der Waals surface area contributed by atoms with Gasteiger partial charge in [0.1, 0.15) is 0 Å². The molecule has 1 amide bonds. The van der Waals surface area contributed by atoms with Crippen molar-refractivity contribution < 1.29 is 19.5 Å². The molecule has 0 radical (unpaired) electrons. The van der Waals surface area contributed by atoms with Crippen LogP contribution in [0.25, 0.3) is 0 Å². The van der Waals surface area contributed by atoms with E-state index in [9.17, 15) is 14.7 Å². The Balaban J connectivity index is 1.45. The number of hydroxylamine groups is 1. The average Bonchev–Trinajstić information content (AvgIpc) is 3.26. The SMILES string of the molecule is C=C(C)C1CC[C@]2(C(=O)O)CC[C@]3(C)[C@H](CCC4[C@@]5(C)CC[C@H](NC(=O)CNOC)C(C)(C)C5CC[C@]43C)C12. The lowest BCUT2D eigenvalue weighted by Gasteiger charge is -2.73. The minimum absolute atomic E-state index is 0.0000513. The van der Waals surface area contributed by atoms with Crippen molar-refractivity contribution >= 4 is 11.9 Å². The molecule has 5 aliphatic carbocycles. The van der Waals surface area contributed by atoms with E-state index >= 15 is 0 Å². The molecule has 5 saturated carbocycles. The summed E-state index contributed by atoms with van der Waals surface area (Å²) in [6.45, 7) is 19.2. The van der Waals surface area contributed by atoms with E-state index in [2.05, 4.69) is 58.9 Å². The Hall–Kier alpha value is -1.40. The summed E-state index contributed by atoms with van der Waals surface area (Å²) in [5, 5.41) is 13.9. The van der Waals surface area contributed by atoms with E-state index in [1.807, 2.05) is 0 Å². The number of allylic oxidation sites excluding steroid dienone is 1. The van der Waals surface area contributed by atoms with Crippen molar-refractivity contribution in [3.05, 3.63) is 12.2 Å². The molecule has 0 saturated heterocycles. The largest absolute Gasteiger partial charge is 0.481 e. The standard InChI is InChI=1S/C33H54N2O4/c1-20(2)21-11-16-33(28(37)38)18-17-31(6)22(27(21)33)9-10-24-30(5)14-13-25(35-26(36)19-34-39-8)29(3,4)23(30)12-15-32(24,31)7/h21-25,27,34H,1,9-19H2,2-8H3,(H,35,36)(H,37,38)/t21?,22-,23?,24?,25+,27?,30+,31-,32-,33+/m1/s1. The predicted octanol–water partition coefficient (Wildman–Crippen LogP) is 6.36. The maximum absolute atomic E-state index is 12.9. The first-order valence-corrected chi connectivity index (χ1v) is 15.6. The molecule has 5 rings (SSSR count). The molecule has 0 aromatic rings. The number of carboxylic acids is 1. The number of aliphatic carboxylic acids is 1. The second-order valence-corrected chi connectivity index (χ2v) is 15.7. The van der Waals surface area contributed by atoms with Crippen molar-refractivity contribution in [1.29, 1.82) is 0 Å². The Bertz CT molecular complexity index is 1030. The third kappa shape index (κ3) is 3.93. The van der Waals surface area contributed by atoms with E-state index in [4.69, 9.17) is 4.84 Å². The zero-order valence-corrected chi connectivity index (χ0v) is 25.6. The summed E-state index contributed by atoms with van der Waals surface area (Å²) >= 11 is 0. The van der Waals surface area contributed by atoms with Crippen LogP contribution in [0.5, 0.6) is 0 Å². The van der Waals surface area contributed by atoms with Crippen LogP contribution in [-0.4, -0.2) is 36.7 Å². The van der Waals surface area contributed by atoms with Crippen LogP contribution in [0.3, 0.4) is 0 Å². The van der Waals surface area contributed by atoms with E-state index in [-0.39, 0.29) is 46.1 Å². The van der Waals surface area contributed by atoms with Crippen LogP contribution in [0.2, 0.25) is 0 Å². The second-order valence-electron chi connectivity index (χ2n) is 15.7. The molecule has 6 heteroatoms. The maximum Gasteiger partial charge on any atom is 0.309 e. The second kappa shape index (κ2) is 9.58. The molecule has 5 aliphatic rings. The highest BCUT2D eigenvalue weighted by molar-refractivity contribution is 5.78. The van der Waals surface area contributed by atoms with Crippen LogP contribution in [-0.2, 0) is 14.4 Å². The Morgan fingerprint density at radius 1 is 0.897 bits per heavy atom. The monoisotopic (exact) mass is 542 g/mol. The van der Waals surface area contributed by atoms with Gasteiger partial charge in [-0.05, 0) is 122 Å².